The summed E-state index contributed by atoms with van der Waals surface area (Å²) in [6.45, 7) is 1.41. The fourth-order valence-corrected chi connectivity index (χ4v) is 1.43. The van der Waals surface area contributed by atoms with Crippen molar-refractivity contribution in [1.29, 1.82) is 0 Å². The predicted molar refractivity (Wildman–Crippen MR) is 62.5 cm³/mol. The summed E-state index contributed by atoms with van der Waals surface area (Å²) in [7, 11) is 0. The summed E-state index contributed by atoms with van der Waals surface area (Å²) in [4.78, 5) is 22.3. The Hall–Kier alpha value is -2.77. The molecule has 0 saturated carbocycles. The Morgan fingerprint density at radius 2 is 2.05 bits per heavy atom. The van der Waals surface area contributed by atoms with Crippen molar-refractivity contribution in [2.24, 2.45) is 0 Å². The second-order valence-corrected chi connectivity index (χ2v) is 3.89. The highest BCUT2D eigenvalue weighted by atomic mass is 19.1. The standard InChI is InChI=1S/C12H8F2N2O4/c1-5-2-3-6(13)10(9(5)14)15-11(17)7-4-8(12(18)19)20-16-7/h2-4H,1H3,(H,15,17)(H,18,19). The molecule has 0 aliphatic carbocycles. The molecule has 6 nitrogen and oxygen atoms in total. The molecule has 0 spiro atoms. The largest absolute Gasteiger partial charge is 0.475 e. The van der Waals surface area contributed by atoms with Crippen LogP contribution in [-0.4, -0.2) is 22.1 Å². The number of amides is 1. The molecular weight excluding hydrogens is 274 g/mol. The predicted octanol–water partition coefficient (Wildman–Crippen LogP) is 2.21. The molecule has 0 bridgehead atoms. The maximum absolute atomic E-state index is 13.7. The van der Waals surface area contributed by atoms with Crippen LogP contribution < -0.4 is 5.32 Å². The van der Waals surface area contributed by atoms with E-state index in [9.17, 15) is 18.4 Å². The molecule has 0 aliphatic heterocycles. The van der Waals surface area contributed by atoms with Crippen molar-refractivity contribution in [2.45, 2.75) is 6.92 Å². The molecule has 0 unspecified atom stereocenters. The number of aromatic nitrogens is 1. The first kappa shape index (κ1) is 13.7. The highest BCUT2D eigenvalue weighted by molar-refractivity contribution is 6.04. The lowest BCUT2D eigenvalue weighted by molar-refractivity contribution is 0.0651. The number of nitrogens with zero attached hydrogens (tertiary/aromatic N) is 1. The molecule has 2 aromatic rings. The average molecular weight is 282 g/mol. The van der Waals surface area contributed by atoms with Gasteiger partial charge in [0.2, 0.25) is 5.76 Å². The van der Waals surface area contributed by atoms with Crippen molar-refractivity contribution in [1.82, 2.24) is 5.16 Å². The lowest BCUT2D eigenvalue weighted by Gasteiger charge is -2.07. The van der Waals surface area contributed by atoms with Crippen molar-refractivity contribution < 1.29 is 28.0 Å². The molecule has 1 aromatic heterocycles. The zero-order chi connectivity index (χ0) is 14.9. The van der Waals surface area contributed by atoms with Gasteiger partial charge in [-0.25, -0.2) is 13.6 Å². The average Bonchev–Trinajstić information content (AvgIpc) is 2.89. The number of carboxylic acids is 1. The monoisotopic (exact) mass is 282 g/mol. The van der Waals surface area contributed by atoms with Crippen molar-refractivity contribution >= 4 is 17.6 Å². The molecular formula is C12H8F2N2O4. The molecule has 2 rings (SSSR count). The van der Waals surface area contributed by atoms with Crippen molar-refractivity contribution in [3.8, 4) is 0 Å². The van der Waals surface area contributed by atoms with E-state index in [4.69, 9.17) is 5.11 Å². The summed E-state index contributed by atoms with van der Waals surface area (Å²) in [5, 5.41) is 13.8. The SMILES string of the molecule is Cc1ccc(F)c(NC(=O)c2cc(C(=O)O)on2)c1F. The fourth-order valence-electron chi connectivity index (χ4n) is 1.43. The molecule has 0 atom stereocenters. The molecule has 104 valence electrons. The number of nitrogens with one attached hydrogen (secondary N) is 1. The smallest absolute Gasteiger partial charge is 0.374 e. The van der Waals surface area contributed by atoms with Crippen LogP contribution in [0.15, 0.2) is 22.7 Å². The Morgan fingerprint density at radius 1 is 1.35 bits per heavy atom. The number of aromatic carboxylic acids is 1. The van der Waals surface area contributed by atoms with Gasteiger partial charge < -0.3 is 14.9 Å². The zero-order valence-electron chi connectivity index (χ0n) is 10.1. The Morgan fingerprint density at radius 3 is 2.65 bits per heavy atom. The molecule has 2 N–H and O–H groups in total. The van der Waals surface area contributed by atoms with Gasteiger partial charge in [-0.15, -0.1) is 0 Å². The maximum Gasteiger partial charge on any atom is 0.374 e. The molecule has 1 aromatic carbocycles. The third-order valence-electron chi connectivity index (χ3n) is 2.48. The summed E-state index contributed by atoms with van der Waals surface area (Å²) in [6, 6.07) is 3.07. The highest BCUT2D eigenvalue weighted by Gasteiger charge is 2.20. The number of benzene rings is 1. The lowest BCUT2D eigenvalue weighted by atomic mass is 10.2. The quantitative estimate of drug-likeness (QED) is 0.900. The minimum absolute atomic E-state index is 0.146. The first-order valence-corrected chi connectivity index (χ1v) is 5.36. The van der Waals surface area contributed by atoms with Gasteiger partial charge in [0.05, 0.1) is 0 Å². The van der Waals surface area contributed by atoms with Gasteiger partial charge in [-0.3, -0.25) is 4.79 Å². The van der Waals surface area contributed by atoms with Crippen LogP contribution in [0.3, 0.4) is 0 Å². The van der Waals surface area contributed by atoms with E-state index in [2.05, 4.69) is 9.68 Å². The topological polar surface area (TPSA) is 92.4 Å². The minimum atomic E-state index is -1.41. The molecule has 1 amide bonds. The second kappa shape index (κ2) is 5.08. The molecule has 20 heavy (non-hydrogen) atoms. The zero-order valence-corrected chi connectivity index (χ0v) is 10.1. The third-order valence-corrected chi connectivity index (χ3v) is 2.48. The minimum Gasteiger partial charge on any atom is -0.475 e. The van der Waals surface area contributed by atoms with E-state index in [0.717, 1.165) is 12.1 Å². The summed E-state index contributed by atoms with van der Waals surface area (Å²) >= 11 is 0. The highest BCUT2D eigenvalue weighted by Crippen LogP contribution is 2.22. The molecule has 0 fully saturated rings. The van der Waals surface area contributed by atoms with Crippen molar-refractivity contribution in [3.63, 3.8) is 0 Å². The van der Waals surface area contributed by atoms with Crippen LogP contribution in [0.4, 0.5) is 14.5 Å². The van der Waals surface area contributed by atoms with Gasteiger partial charge in [0.25, 0.3) is 5.91 Å². The summed E-state index contributed by atoms with van der Waals surface area (Å²) in [5.74, 6) is -4.82. The fraction of sp³-hybridized carbons (Fsp3) is 0.0833. The van der Waals surface area contributed by atoms with Crippen LogP contribution in [0.2, 0.25) is 0 Å². The second-order valence-electron chi connectivity index (χ2n) is 3.89. The number of hydrogen-bond acceptors (Lipinski definition) is 4. The van der Waals surface area contributed by atoms with Crippen LogP contribution in [0.1, 0.15) is 26.6 Å². The van der Waals surface area contributed by atoms with Gasteiger partial charge in [-0.05, 0) is 18.6 Å². The van der Waals surface area contributed by atoms with E-state index in [1.54, 1.807) is 0 Å². The number of carbonyl (C=O) groups excluding carboxylic acids is 1. The maximum atomic E-state index is 13.7. The van der Waals surface area contributed by atoms with Gasteiger partial charge >= 0.3 is 5.97 Å². The van der Waals surface area contributed by atoms with E-state index in [0.29, 0.717) is 0 Å². The normalized spacial score (nSPS) is 10.3. The molecule has 8 heteroatoms. The van der Waals surface area contributed by atoms with E-state index >= 15 is 0 Å². The van der Waals surface area contributed by atoms with Crippen LogP contribution >= 0.6 is 0 Å². The van der Waals surface area contributed by atoms with Gasteiger partial charge in [-0.2, -0.15) is 0 Å². The van der Waals surface area contributed by atoms with Crippen LogP contribution in [0.25, 0.3) is 0 Å². The van der Waals surface area contributed by atoms with Crippen LogP contribution in [0, 0.1) is 18.6 Å². The first-order valence-electron chi connectivity index (χ1n) is 5.36. The Labute approximate surface area is 111 Å². The third kappa shape index (κ3) is 2.48. The van der Waals surface area contributed by atoms with E-state index < -0.39 is 40.7 Å². The number of carboxylic acid groups (broad SMARTS) is 1. The van der Waals surface area contributed by atoms with Crippen molar-refractivity contribution in [2.75, 3.05) is 5.32 Å². The summed E-state index contributed by atoms with van der Waals surface area (Å²) in [5.41, 5.74) is -0.884. The summed E-state index contributed by atoms with van der Waals surface area (Å²) in [6.07, 6.45) is 0. The lowest BCUT2D eigenvalue weighted by Crippen LogP contribution is -2.15. The van der Waals surface area contributed by atoms with Crippen molar-refractivity contribution in [3.05, 3.63) is 46.9 Å². The number of rotatable bonds is 3. The van der Waals surface area contributed by atoms with Gasteiger partial charge in [0, 0.05) is 6.07 Å². The van der Waals surface area contributed by atoms with E-state index in [-0.39, 0.29) is 5.56 Å². The van der Waals surface area contributed by atoms with E-state index in [1.807, 2.05) is 5.32 Å². The number of carbonyl (C=O) groups is 2. The van der Waals surface area contributed by atoms with Crippen LogP contribution in [-0.2, 0) is 0 Å². The summed E-state index contributed by atoms with van der Waals surface area (Å²) < 4.78 is 31.5. The Balaban J connectivity index is 2.28. The number of anilines is 1. The number of hydrogen-bond donors (Lipinski definition) is 2. The molecule has 0 aliphatic rings. The number of aryl methyl sites for hydroxylation is 1. The number of halogens is 2. The van der Waals surface area contributed by atoms with Crippen LogP contribution in [0.5, 0.6) is 0 Å². The Kier molecular flexibility index (Phi) is 3.47. The molecule has 0 radical (unpaired) electrons. The molecule has 0 saturated heterocycles. The van der Waals surface area contributed by atoms with Gasteiger partial charge in [0.1, 0.15) is 11.5 Å². The van der Waals surface area contributed by atoms with Gasteiger partial charge in [-0.1, -0.05) is 11.2 Å². The van der Waals surface area contributed by atoms with Gasteiger partial charge in [0.15, 0.2) is 11.5 Å². The Bertz CT molecular complexity index is 697. The van der Waals surface area contributed by atoms with E-state index in [1.165, 1.54) is 13.0 Å². The molecule has 1 heterocycles. The first-order chi connectivity index (χ1) is 9.40.